The van der Waals surface area contributed by atoms with Crippen LogP contribution >= 0.6 is 0 Å². The van der Waals surface area contributed by atoms with Crippen molar-refractivity contribution in [2.45, 2.75) is 59.4 Å². The first kappa shape index (κ1) is 19.8. The van der Waals surface area contributed by atoms with Crippen LogP contribution in [0.15, 0.2) is 42.0 Å². The van der Waals surface area contributed by atoms with E-state index in [0.717, 1.165) is 56.5 Å². The van der Waals surface area contributed by atoms with E-state index in [1.807, 2.05) is 0 Å². The third-order valence-corrected chi connectivity index (χ3v) is 5.46. The number of benzene rings is 1. The summed E-state index contributed by atoms with van der Waals surface area (Å²) in [5.41, 5.74) is 2.80. The van der Waals surface area contributed by atoms with E-state index in [9.17, 15) is 0 Å². The summed E-state index contributed by atoms with van der Waals surface area (Å²) in [6.07, 6.45) is 7.85. The lowest BCUT2D eigenvalue weighted by atomic mass is 10.0. The highest BCUT2D eigenvalue weighted by Crippen LogP contribution is 2.15. The summed E-state index contributed by atoms with van der Waals surface area (Å²) in [5, 5.41) is 8.98. The fraction of sp³-hybridized carbons (Fsp3) is 0.565. The highest BCUT2D eigenvalue weighted by molar-refractivity contribution is 5.15. The molecule has 4 heteroatoms. The molecule has 1 atom stereocenters. The van der Waals surface area contributed by atoms with Crippen LogP contribution in [0.2, 0.25) is 0 Å². The van der Waals surface area contributed by atoms with E-state index in [1.54, 1.807) is 0 Å². The van der Waals surface area contributed by atoms with Gasteiger partial charge in [-0.15, -0.1) is 10.2 Å². The van der Waals surface area contributed by atoms with Gasteiger partial charge in [0.05, 0.1) is 0 Å². The van der Waals surface area contributed by atoms with E-state index in [-0.39, 0.29) is 0 Å². The number of hydrogen-bond donors (Lipinski definition) is 0. The van der Waals surface area contributed by atoms with Crippen molar-refractivity contribution in [2.75, 3.05) is 19.6 Å². The summed E-state index contributed by atoms with van der Waals surface area (Å²) < 4.78 is 2.37. The Bertz CT molecular complexity index is 728. The number of fused-ring (bicyclic) bond motifs is 1. The van der Waals surface area contributed by atoms with Gasteiger partial charge in [0.1, 0.15) is 11.6 Å². The lowest BCUT2D eigenvalue weighted by Crippen LogP contribution is -2.31. The largest absolute Gasteiger partial charge is 0.314 e. The SMILES string of the molecule is CC(C)=CCC[C@@H](C)CN1CCc2nnc(CCc3ccccc3)n2CC1. The van der Waals surface area contributed by atoms with Gasteiger partial charge in [-0.3, -0.25) is 0 Å². The first-order valence-corrected chi connectivity index (χ1v) is 10.4. The van der Waals surface area contributed by atoms with Gasteiger partial charge in [-0.05, 0) is 44.6 Å². The van der Waals surface area contributed by atoms with Crippen LogP contribution in [0.1, 0.15) is 50.8 Å². The van der Waals surface area contributed by atoms with Crippen molar-refractivity contribution in [3.05, 3.63) is 59.2 Å². The van der Waals surface area contributed by atoms with E-state index in [2.05, 4.69) is 76.8 Å². The van der Waals surface area contributed by atoms with Crippen LogP contribution in [0.3, 0.4) is 0 Å². The Kier molecular flexibility index (Phi) is 7.22. The molecule has 0 N–H and O–H groups in total. The Labute approximate surface area is 164 Å². The smallest absolute Gasteiger partial charge is 0.134 e. The van der Waals surface area contributed by atoms with E-state index in [0.29, 0.717) is 0 Å². The molecular formula is C23H34N4. The maximum absolute atomic E-state index is 4.49. The molecule has 4 nitrogen and oxygen atoms in total. The van der Waals surface area contributed by atoms with Crippen molar-refractivity contribution in [3.8, 4) is 0 Å². The van der Waals surface area contributed by atoms with Crippen LogP contribution in [0.25, 0.3) is 0 Å². The van der Waals surface area contributed by atoms with E-state index < -0.39 is 0 Å². The number of allylic oxidation sites excluding steroid dienone is 2. The summed E-state index contributed by atoms with van der Waals surface area (Å²) in [6.45, 7) is 11.2. The third kappa shape index (κ3) is 6.03. The Morgan fingerprint density at radius 3 is 2.67 bits per heavy atom. The minimum Gasteiger partial charge on any atom is -0.314 e. The van der Waals surface area contributed by atoms with Crippen molar-refractivity contribution >= 4 is 0 Å². The fourth-order valence-corrected chi connectivity index (χ4v) is 3.88. The molecule has 2 heterocycles. The maximum atomic E-state index is 4.49. The van der Waals surface area contributed by atoms with Crippen LogP contribution in [-0.4, -0.2) is 39.3 Å². The second-order valence-electron chi connectivity index (χ2n) is 8.18. The van der Waals surface area contributed by atoms with Crippen molar-refractivity contribution in [3.63, 3.8) is 0 Å². The fourth-order valence-electron chi connectivity index (χ4n) is 3.88. The number of rotatable bonds is 8. The minimum atomic E-state index is 0.738. The highest BCUT2D eigenvalue weighted by atomic mass is 15.3. The van der Waals surface area contributed by atoms with Gasteiger partial charge in [0.25, 0.3) is 0 Å². The molecule has 0 saturated carbocycles. The lowest BCUT2D eigenvalue weighted by Gasteiger charge is -2.23. The maximum Gasteiger partial charge on any atom is 0.134 e. The predicted octanol–water partition coefficient (Wildman–Crippen LogP) is 4.30. The molecule has 1 aliphatic heterocycles. The predicted molar refractivity (Wildman–Crippen MR) is 112 cm³/mol. The molecule has 146 valence electrons. The lowest BCUT2D eigenvalue weighted by molar-refractivity contribution is 0.236. The van der Waals surface area contributed by atoms with Crippen LogP contribution < -0.4 is 0 Å². The summed E-state index contributed by atoms with van der Waals surface area (Å²) in [7, 11) is 0. The molecule has 0 spiro atoms. The van der Waals surface area contributed by atoms with Crippen LogP contribution in [0.5, 0.6) is 0 Å². The molecule has 0 unspecified atom stereocenters. The van der Waals surface area contributed by atoms with Gasteiger partial charge >= 0.3 is 0 Å². The molecular weight excluding hydrogens is 332 g/mol. The Balaban J connectivity index is 1.51. The Hall–Kier alpha value is -1.94. The quantitative estimate of drug-likeness (QED) is 0.653. The van der Waals surface area contributed by atoms with Gasteiger partial charge in [-0.2, -0.15) is 0 Å². The summed E-state index contributed by atoms with van der Waals surface area (Å²) >= 11 is 0. The molecule has 1 aromatic carbocycles. The van der Waals surface area contributed by atoms with Crippen molar-refractivity contribution < 1.29 is 0 Å². The standard InChI is InChI=1S/C23H34N4/c1-19(2)8-7-9-20(3)18-26-15-14-23-25-24-22(27(23)17-16-26)13-12-21-10-5-4-6-11-21/h4-6,8,10-11,20H,7,9,12-18H2,1-3H3/t20-/m1/s1. The van der Waals surface area contributed by atoms with Gasteiger partial charge < -0.3 is 9.47 Å². The number of nitrogens with zero attached hydrogens (tertiary/aromatic N) is 4. The normalized spacial score (nSPS) is 15.8. The average Bonchev–Trinajstić information content (AvgIpc) is 2.93. The second-order valence-corrected chi connectivity index (χ2v) is 8.18. The van der Waals surface area contributed by atoms with Gasteiger partial charge in [0.15, 0.2) is 0 Å². The van der Waals surface area contributed by atoms with Gasteiger partial charge in [0.2, 0.25) is 0 Å². The molecule has 2 aromatic rings. The first-order chi connectivity index (χ1) is 13.1. The van der Waals surface area contributed by atoms with Crippen molar-refractivity contribution in [1.82, 2.24) is 19.7 Å². The van der Waals surface area contributed by atoms with Crippen molar-refractivity contribution in [2.24, 2.45) is 5.92 Å². The Morgan fingerprint density at radius 1 is 1.07 bits per heavy atom. The zero-order valence-electron chi connectivity index (χ0n) is 17.2. The monoisotopic (exact) mass is 366 g/mol. The minimum absolute atomic E-state index is 0.738. The molecule has 0 fully saturated rings. The van der Waals surface area contributed by atoms with Crippen molar-refractivity contribution in [1.29, 1.82) is 0 Å². The molecule has 0 amide bonds. The first-order valence-electron chi connectivity index (χ1n) is 10.4. The van der Waals surface area contributed by atoms with E-state index in [4.69, 9.17) is 0 Å². The van der Waals surface area contributed by atoms with Crippen LogP contribution in [-0.2, 0) is 25.8 Å². The van der Waals surface area contributed by atoms with Crippen LogP contribution in [0.4, 0.5) is 0 Å². The molecule has 0 radical (unpaired) electrons. The topological polar surface area (TPSA) is 34.0 Å². The molecule has 3 rings (SSSR count). The van der Waals surface area contributed by atoms with E-state index >= 15 is 0 Å². The molecule has 0 aliphatic carbocycles. The zero-order chi connectivity index (χ0) is 19.1. The highest BCUT2D eigenvalue weighted by Gasteiger charge is 2.19. The number of aryl methyl sites for hydroxylation is 2. The summed E-state index contributed by atoms with van der Waals surface area (Å²) in [4.78, 5) is 2.61. The number of hydrogen-bond acceptors (Lipinski definition) is 3. The average molecular weight is 367 g/mol. The zero-order valence-corrected chi connectivity index (χ0v) is 17.2. The summed E-state index contributed by atoms with van der Waals surface area (Å²) in [6, 6.07) is 10.7. The Morgan fingerprint density at radius 2 is 1.89 bits per heavy atom. The third-order valence-electron chi connectivity index (χ3n) is 5.46. The second kappa shape index (κ2) is 9.84. The number of aromatic nitrogens is 3. The van der Waals surface area contributed by atoms with Gasteiger partial charge in [-0.1, -0.05) is 48.9 Å². The molecule has 1 aromatic heterocycles. The molecule has 0 bridgehead atoms. The molecule has 1 aliphatic rings. The molecule has 27 heavy (non-hydrogen) atoms. The van der Waals surface area contributed by atoms with Gasteiger partial charge in [-0.25, -0.2) is 0 Å². The summed E-state index contributed by atoms with van der Waals surface area (Å²) in [5.74, 6) is 3.05. The van der Waals surface area contributed by atoms with Crippen LogP contribution in [0, 0.1) is 5.92 Å². The van der Waals surface area contributed by atoms with Gasteiger partial charge in [0, 0.05) is 39.0 Å². The van der Waals surface area contributed by atoms with E-state index in [1.165, 1.54) is 30.5 Å². The molecule has 0 saturated heterocycles.